The Hall–Kier alpha value is -3.79. The van der Waals surface area contributed by atoms with Gasteiger partial charge in [0.1, 0.15) is 11.8 Å². The molecule has 1 aromatic heterocycles. The van der Waals surface area contributed by atoms with Crippen LogP contribution in [0.2, 0.25) is 5.02 Å². The van der Waals surface area contributed by atoms with Gasteiger partial charge in [-0.3, -0.25) is 19.4 Å². The number of hydrogen-bond acceptors (Lipinski definition) is 7. The third kappa shape index (κ3) is 3.22. The number of hydrogen-bond donors (Lipinski definition) is 0. The minimum atomic E-state index is -0.683. The summed E-state index contributed by atoms with van der Waals surface area (Å²) in [5, 5.41) is 7.74. The zero-order valence-corrected chi connectivity index (χ0v) is 23.0. The minimum absolute atomic E-state index is 0.217. The fourth-order valence-corrected chi connectivity index (χ4v) is 7.27. The molecular weight excluding hydrogens is 598 g/mol. The average molecular weight is 617 g/mol. The molecule has 40 heavy (non-hydrogen) atoms. The van der Waals surface area contributed by atoms with E-state index in [-0.39, 0.29) is 23.3 Å². The highest BCUT2D eigenvalue weighted by molar-refractivity contribution is 9.10. The molecule has 0 spiro atoms. The van der Waals surface area contributed by atoms with Gasteiger partial charge >= 0.3 is 0 Å². The molecule has 0 aliphatic carbocycles. The van der Waals surface area contributed by atoms with Crippen molar-refractivity contribution in [3.8, 4) is 0 Å². The SMILES string of the molecule is O=C1C2C3OC(C2C(=O)N1c1ccc(Cl)cc1)C1C3C(c2coc3ccc(Br)cc3c2=O)=NN1c1ccccc1. The van der Waals surface area contributed by atoms with Gasteiger partial charge in [0.2, 0.25) is 17.2 Å². The molecule has 4 aliphatic heterocycles. The maximum absolute atomic E-state index is 13.8. The molecule has 0 radical (unpaired) electrons. The number of fused-ring (bicyclic) bond motifs is 9. The van der Waals surface area contributed by atoms with Crippen LogP contribution < -0.4 is 15.3 Å². The summed E-state index contributed by atoms with van der Waals surface area (Å²) in [6.45, 7) is 0. The van der Waals surface area contributed by atoms with Crippen LogP contribution >= 0.6 is 27.5 Å². The number of halogens is 2. The van der Waals surface area contributed by atoms with Gasteiger partial charge in [0, 0.05) is 9.50 Å². The number of hydrazone groups is 1. The van der Waals surface area contributed by atoms with Crippen molar-refractivity contribution >= 4 is 67.4 Å². The third-order valence-electron chi connectivity index (χ3n) is 8.41. The molecule has 5 heterocycles. The van der Waals surface area contributed by atoms with Gasteiger partial charge in [-0.05, 0) is 54.6 Å². The molecule has 0 N–H and O–H groups in total. The summed E-state index contributed by atoms with van der Waals surface area (Å²) < 4.78 is 13.1. The molecule has 4 aliphatic rings. The summed E-state index contributed by atoms with van der Waals surface area (Å²) in [5.41, 5.74) is 2.35. The molecule has 198 valence electrons. The highest BCUT2D eigenvalue weighted by atomic mass is 79.9. The molecule has 0 saturated carbocycles. The van der Waals surface area contributed by atoms with Crippen LogP contribution in [0, 0.1) is 17.8 Å². The lowest BCUT2D eigenvalue weighted by Crippen LogP contribution is -2.50. The van der Waals surface area contributed by atoms with E-state index in [4.69, 9.17) is 25.9 Å². The van der Waals surface area contributed by atoms with Gasteiger partial charge in [-0.25, -0.2) is 4.90 Å². The first-order chi connectivity index (χ1) is 19.4. The molecule has 3 aromatic carbocycles. The third-order valence-corrected chi connectivity index (χ3v) is 9.15. The van der Waals surface area contributed by atoms with Crippen LogP contribution in [0.1, 0.15) is 5.56 Å². The number of para-hydroxylation sites is 1. The number of benzene rings is 3. The van der Waals surface area contributed by atoms with Crippen molar-refractivity contribution in [3.63, 3.8) is 0 Å². The van der Waals surface area contributed by atoms with Crippen LogP contribution in [-0.4, -0.2) is 35.8 Å². The number of imide groups is 1. The van der Waals surface area contributed by atoms with Crippen molar-refractivity contribution in [3.05, 3.63) is 104 Å². The topological polar surface area (TPSA) is 92.4 Å². The smallest absolute Gasteiger partial charge is 0.240 e. The van der Waals surface area contributed by atoms with Crippen LogP contribution in [0.15, 0.2) is 97.8 Å². The van der Waals surface area contributed by atoms with E-state index in [1.807, 2.05) is 41.4 Å². The monoisotopic (exact) mass is 615 g/mol. The van der Waals surface area contributed by atoms with E-state index in [2.05, 4.69) is 15.9 Å². The Bertz CT molecular complexity index is 1830. The van der Waals surface area contributed by atoms with Crippen molar-refractivity contribution in [1.29, 1.82) is 0 Å². The van der Waals surface area contributed by atoms with Gasteiger partial charge in [-0.2, -0.15) is 5.10 Å². The predicted octanol–water partition coefficient (Wildman–Crippen LogP) is 5.00. The first-order valence-corrected chi connectivity index (χ1v) is 14.0. The van der Waals surface area contributed by atoms with Crippen molar-refractivity contribution in [2.24, 2.45) is 22.9 Å². The number of ether oxygens (including phenoxy) is 1. The molecule has 10 heteroatoms. The van der Waals surface area contributed by atoms with Gasteiger partial charge < -0.3 is 9.15 Å². The Morgan fingerprint density at radius 1 is 0.825 bits per heavy atom. The standard InChI is InChI=1S/C30H19BrClN3O5/c31-14-6-11-20-18(12-14)26(36)19(13-39-20)24-23-25(35(33-24)17-4-2-1-3-5-17)28-22-21(27(23)40-28)29(37)34(30(22)38)16-9-7-15(32)8-10-16/h1-13,21-23,25,27-28H. The van der Waals surface area contributed by atoms with Crippen LogP contribution in [-0.2, 0) is 14.3 Å². The average Bonchev–Trinajstić information content (AvgIpc) is 3.70. The van der Waals surface area contributed by atoms with Crippen molar-refractivity contribution in [2.75, 3.05) is 9.91 Å². The normalized spacial score (nSPS) is 28.4. The molecule has 8 rings (SSSR count). The van der Waals surface area contributed by atoms with Crippen LogP contribution in [0.3, 0.4) is 0 Å². The highest BCUT2D eigenvalue weighted by Crippen LogP contribution is 2.56. The van der Waals surface area contributed by atoms with Crippen molar-refractivity contribution < 1.29 is 18.7 Å². The van der Waals surface area contributed by atoms with E-state index >= 15 is 0 Å². The minimum Gasteiger partial charge on any atom is -0.463 e. The number of amides is 2. The lowest BCUT2D eigenvalue weighted by molar-refractivity contribution is -0.125. The van der Waals surface area contributed by atoms with E-state index in [0.717, 1.165) is 10.2 Å². The second-order valence-corrected chi connectivity index (χ2v) is 11.8. The highest BCUT2D eigenvalue weighted by Gasteiger charge is 2.72. The lowest BCUT2D eigenvalue weighted by atomic mass is 9.70. The summed E-state index contributed by atoms with van der Waals surface area (Å²) in [4.78, 5) is 42.5. The number of rotatable bonds is 3. The Labute approximate surface area is 240 Å². The molecule has 3 saturated heterocycles. The Morgan fingerprint density at radius 3 is 2.30 bits per heavy atom. The van der Waals surface area contributed by atoms with E-state index in [1.54, 1.807) is 36.4 Å². The molecule has 2 bridgehead atoms. The Kier molecular flexibility index (Phi) is 5.17. The van der Waals surface area contributed by atoms with E-state index in [0.29, 0.717) is 33.0 Å². The summed E-state index contributed by atoms with van der Waals surface area (Å²) in [5.74, 6) is -2.35. The maximum atomic E-state index is 13.8. The molecule has 6 atom stereocenters. The number of nitrogens with zero attached hydrogens (tertiary/aromatic N) is 3. The fourth-order valence-electron chi connectivity index (χ4n) is 6.78. The number of carbonyl (C=O) groups is 2. The quantitative estimate of drug-likeness (QED) is 0.301. The fraction of sp³-hybridized carbons (Fsp3) is 0.200. The van der Waals surface area contributed by atoms with Crippen LogP contribution in [0.5, 0.6) is 0 Å². The van der Waals surface area contributed by atoms with E-state index < -0.39 is 30.0 Å². The molecule has 8 nitrogen and oxygen atoms in total. The Morgan fingerprint density at radius 2 is 1.55 bits per heavy atom. The zero-order valence-electron chi connectivity index (χ0n) is 20.6. The van der Waals surface area contributed by atoms with E-state index in [1.165, 1.54) is 11.2 Å². The molecule has 6 unspecified atom stereocenters. The maximum Gasteiger partial charge on any atom is 0.240 e. The Balaban J connectivity index is 1.26. The number of carbonyl (C=O) groups excluding carboxylic acids is 2. The zero-order chi connectivity index (χ0) is 27.3. The second-order valence-electron chi connectivity index (χ2n) is 10.4. The summed E-state index contributed by atoms with van der Waals surface area (Å²) >= 11 is 9.49. The van der Waals surface area contributed by atoms with Gasteiger partial charge in [-0.1, -0.05) is 45.7 Å². The summed E-state index contributed by atoms with van der Waals surface area (Å²) in [6, 6.07) is 21.1. The molecule has 3 fully saturated rings. The van der Waals surface area contributed by atoms with Gasteiger partial charge in [0.05, 0.1) is 64.0 Å². The predicted molar refractivity (Wildman–Crippen MR) is 153 cm³/mol. The second kappa shape index (κ2) is 8.60. The lowest BCUT2D eigenvalue weighted by Gasteiger charge is -2.32. The molecule has 2 amide bonds. The van der Waals surface area contributed by atoms with Crippen LogP contribution in [0.4, 0.5) is 11.4 Å². The first-order valence-electron chi connectivity index (χ1n) is 12.9. The molecular formula is C30H19BrClN3O5. The van der Waals surface area contributed by atoms with E-state index in [9.17, 15) is 14.4 Å². The largest absolute Gasteiger partial charge is 0.463 e. The summed E-state index contributed by atoms with van der Waals surface area (Å²) in [6.07, 6.45) is 0.226. The van der Waals surface area contributed by atoms with Crippen molar-refractivity contribution in [1.82, 2.24) is 0 Å². The van der Waals surface area contributed by atoms with Crippen LogP contribution in [0.25, 0.3) is 11.0 Å². The first kappa shape index (κ1) is 24.0. The van der Waals surface area contributed by atoms with Gasteiger partial charge in [-0.15, -0.1) is 0 Å². The molecule has 4 aromatic rings. The number of anilines is 2. The summed E-state index contributed by atoms with van der Waals surface area (Å²) in [7, 11) is 0. The van der Waals surface area contributed by atoms with Gasteiger partial charge in [0.15, 0.2) is 0 Å². The van der Waals surface area contributed by atoms with Gasteiger partial charge in [0.25, 0.3) is 0 Å². The van der Waals surface area contributed by atoms with Crippen molar-refractivity contribution in [2.45, 2.75) is 18.2 Å².